The topological polar surface area (TPSA) is 37.3 Å². The molecule has 0 spiro atoms. The number of hydrogen-bond donors (Lipinski definition) is 1. The average molecular weight is 221 g/mol. The molecule has 1 aromatic heterocycles. The predicted octanol–water partition coefficient (Wildman–Crippen LogP) is 1.54. The van der Waals surface area contributed by atoms with Crippen molar-refractivity contribution in [3.8, 4) is 0 Å². The molecule has 88 valence electrons. The highest BCUT2D eigenvalue weighted by atomic mass is 16.2. The number of piperidine rings is 1. The Balaban J connectivity index is 1.89. The minimum atomic E-state index is 0.0530. The zero-order chi connectivity index (χ0) is 11.4. The Kier molecular flexibility index (Phi) is 3.49. The highest BCUT2D eigenvalue weighted by molar-refractivity contribution is 5.73. The Morgan fingerprint density at radius 2 is 2.19 bits per heavy atom. The summed E-state index contributed by atoms with van der Waals surface area (Å²) in [4.78, 5) is 13.4. The number of likely N-dealkylation sites (tertiary alicyclic amines) is 1. The molecular weight excluding hydrogens is 202 g/mol. The maximum absolute atomic E-state index is 11.5. The lowest BCUT2D eigenvalue weighted by Crippen LogP contribution is -2.45. The molecule has 0 radical (unpaired) electrons. The van der Waals surface area contributed by atoms with Gasteiger partial charge in [0.15, 0.2) is 0 Å². The largest absolute Gasteiger partial charge is 0.354 e. The number of nitrogens with zero attached hydrogens (tertiary/aromatic N) is 2. The molecule has 1 aliphatic heterocycles. The first kappa shape index (κ1) is 11.0. The molecule has 1 aromatic rings. The number of hydrogen-bond acceptors (Lipinski definition) is 1. The van der Waals surface area contributed by atoms with Gasteiger partial charge in [-0.2, -0.15) is 0 Å². The van der Waals surface area contributed by atoms with Gasteiger partial charge < -0.3 is 14.8 Å². The molecule has 2 heterocycles. The number of carbonyl (C=O) groups is 1. The van der Waals surface area contributed by atoms with E-state index in [1.165, 1.54) is 6.42 Å². The highest BCUT2D eigenvalue weighted by Gasteiger charge is 2.22. The van der Waals surface area contributed by atoms with Crippen LogP contribution in [0.3, 0.4) is 0 Å². The van der Waals surface area contributed by atoms with Crippen molar-refractivity contribution >= 4 is 6.03 Å². The van der Waals surface area contributed by atoms with Crippen molar-refractivity contribution in [2.24, 2.45) is 5.92 Å². The Labute approximate surface area is 96.2 Å². The van der Waals surface area contributed by atoms with Gasteiger partial charge in [0.25, 0.3) is 0 Å². The molecular formula is C12H19N3O. The fraction of sp³-hybridized carbons (Fsp3) is 0.583. The molecule has 0 unspecified atom stereocenters. The molecule has 0 aromatic carbocycles. The summed E-state index contributed by atoms with van der Waals surface area (Å²) in [7, 11) is 1.69. The van der Waals surface area contributed by atoms with E-state index in [1.54, 1.807) is 7.05 Å². The monoisotopic (exact) mass is 221 g/mol. The van der Waals surface area contributed by atoms with Crippen LogP contribution in [0, 0.1) is 5.92 Å². The average Bonchev–Trinajstić information content (AvgIpc) is 2.81. The molecule has 2 amide bonds. The van der Waals surface area contributed by atoms with E-state index in [2.05, 4.69) is 22.3 Å². The number of aromatic nitrogens is 1. The Morgan fingerprint density at radius 3 is 2.88 bits per heavy atom. The maximum atomic E-state index is 11.5. The van der Waals surface area contributed by atoms with Gasteiger partial charge in [-0.05, 0) is 30.9 Å². The van der Waals surface area contributed by atoms with Crippen LogP contribution < -0.4 is 5.32 Å². The molecule has 1 fully saturated rings. The third-order valence-electron chi connectivity index (χ3n) is 3.16. The van der Waals surface area contributed by atoms with Crippen molar-refractivity contribution in [2.75, 3.05) is 20.1 Å². The minimum Gasteiger partial charge on any atom is -0.354 e. The molecule has 1 saturated heterocycles. The fourth-order valence-electron chi connectivity index (χ4n) is 2.35. The van der Waals surface area contributed by atoms with E-state index in [9.17, 15) is 4.79 Å². The molecule has 1 aliphatic rings. The first-order chi connectivity index (χ1) is 7.79. The first-order valence-corrected chi connectivity index (χ1v) is 5.87. The van der Waals surface area contributed by atoms with E-state index in [0.29, 0.717) is 5.92 Å². The first-order valence-electron chi connectivity index (χ1n) is 5.87. The van der Waals surface area contributed by atoms with Crippen molar-refractivity contribution in [1.29, 1.82) is 0 Å². The lowest BCUT2D eigenvalue weighted by molar-refractivity contribution is 0.161. The Hall–Kier alpha value is -1.45. The van der Waals surface area contributed by atoms with E-state index in [4.69, 9.17) is 0 Å². The van der Waals surface area contributed by atoms with Crippen LogP contribution in [-0.4, -0.2) is 35.6 Å². The third-order valence-corrected chi connectivity index (χ3v) is 3.16. The Morgan fingerprint density at radius 1 is 1.44 bits per heavy atom. The zero-order valence-corrected chi connectivity index (χ0v) is 9.72. The van der Waals surface area contributed by atoms with Crippen LogP contribution in [0.4, 0.5) is 4.79 Å². The number of rotatable bonds is 2. The van der Waals surface area contributed by atoms with Gasteiger partial charge in [-0.1, -0.05) is 0 Å². The van der Waals surface area contributed by atoms with Crippen LogP contribution in [0.1, 0.15) is 12.8 Å². The van der Waals surface area contributed by atoms with Crippen molar-refractivity contribution in [3.63, 3.8) is 0 Å². The van der Waals surface area contributed by atoms with Gasteiger partial charge in [-0.3, -0.25) is 0 Å². The summed E-state index contributed by atoms with van der Waals surface area (Å²) in [6, 6.07) is 4.14. The van der Waals surface area contributed by atoms with Crippen LogP contribution >= 0.6 is 0 Å². The van der Waals surface area contributed by atoms with Gasteiger partial charge in [0.1, 0.15) is 0 Å². The summed E-state index contributed by atoms with van der Waals surface area (Å²) in [6.07, 6.45) is 6.49. The number of nitrogens with one attached hydrogen (secondary N) is 1. The van der Waals surface area contributed by atoms with Crippen molar-refractivity contribution < 1.29 is 4.79 Å². The standard InChI is InChI=1S/C12H19N3O/c1-13-12(16)15-8-4-5-11(10-15)9-14-6-2-3-7-14/h2-3,6-7,11H,4-5,8-10H2,1H3,(H,13,16)/t11-/m0/s1. The van der Waals surface area contributed by atoms with Gasteiger partial charge in [0.05, 0.1) is 0 Å². The van der Waals surface area contributed by atoms with Crippen molar-refractivity contribution in [1.82, 2.24) is 14.8 Å². The molecule has 2 rings (SSSR count). The van der Waals surface area contributed by atoms with E-state index >= 15 is 0 Å². The van der Waals surface area contributed by atoms with Crippen molar-refractivity contribution in [2.45, 2.75) is 19.4 Å². The fourth-order valence-corrected chi connectivity index (χ4v) is 2.35. The highest BCUT2D eigenvalue weighted by Crippen LogP contribution is 2.18. The summed E-state index contributed by atoms with van der Waals surface area (Å²) in [5, 5.41) is 2.69. The quantitative estimate of drug-likeness (QED) is 0.808. The summed E-state index contributed by atoms with van der Waals surface area (Å²) in [5.41, 5.74) is 0. The predicted molar refractivity (Wildman–Crippen MR) is 63.2 cm³/mol. The summed E-state index contributed by atoms with van der Waals surface area (Å²) >= 11 is 0. The maximum Gasteiger partial charge on any atom is 0.317 e. The normalized spacial score (nSPS) is 20.8. The molecule has 4 nitrogen and oxygen atoms in total. The molecule has 4 heteroatoms. The zero-order valence-electron chi connectivity index (χ0n) is 9.72. The molecule has 0 aliphatic carbocycles. The van der Waals surface area contributed by atoms with E-state index in [-0.39, 0.29) is 6.03 Å². The van der Waals surface area contributed by atoms with Crippen LogP contribution in [0.5, 0.6) is 0 Å². The van der Waals surface area contributed by atoms with Crippen LogP contribution in [0.2, 0.25) is 0 Å². The molecule has 1 N–H and O–H groups in total. The van der Waals surface area contributed by atoms with E-state index < -0.39 is 0 Å². The lowest BCUT2D eigenvalue weighted by Gasteiger charge is -2.32. The Bertz CT molecular complexity index is 334. The second kappa shape index (κ2) is 5.05. The van der Waals surface area contributed by atoms with Crippen LogP contribution in [-0.2, 0) is 6.54 Å². The smallest absolute Gasteiger partial charge is 0.317 e. The van der Waals surface area contributed by atoms with Crippen LogP contribution in [0.25, 0.3) is 0 Å². The number of carbonyl (C=O) groups excluding carboxylic acids is 1. The number of urea groups is 1. The van der Waals surface area contributed by atoms with Gasteiger partial charge in [0.2, 0.25) is 0 Å². The number of amides is 2. The summed E-state index contributed by atoms with van der Waals surface area (Å²) < 4.78 is 2.19. The van der Waals surface area contributed by atoms with Crippen molar-refractivity contribution in [3.05, 3.63) is 24.5 Å². The van der Waals surface area contributed by atoms with Gasteiger partial charge in [-0.15, -0.1) is 0 Å². The lowest BCUT2D eigenvalue weighted by atomic mass is 9.98. The molecule has 1 atom stereocenters. The minimum absolute atomic E-state index is 0.0530. The van der Waals surface area contributed by atoms with Gasteiger partial charge >= 0.3 is 6.03 Å². The van der Waals surface area contributed by atoms with E-state index in [0.717, 1.165) is 26.1 Å². The molecule has 0 saturated carbocycles. The molecule has 16 heavy (non-hydrogen) atoms. The molecule has 0 bridgehead atoms. The van der Waals surface area contributed by atoms with Gasteiger partial charge in [0, 0.05) is 39.1 Å². The summed E-state index contributed by atoms with van der Waals surface area (Å²) in [6.45, 7) is 2.78. The van der Waals surface area contributed by atoms with E-state index in [1.807, 2.05) is 17.0 Å². The van der Waals surface area contributed by atoms with Gasteiger partial charge in [-0.25, -0.2) is 4.79 Å². The SMILES string of the molecule is CNC(=O)N1CCC[C@@H](Cn2cccc2)C1. The third kappa shape index (κ3) is 2.56. The second-order valence-corrected chi connectivity index (χ2v) is 4.39. The van der Waals surface area contributed by atoms with Crippen LogP contribution in [0.15, 0.2) is 24.5 Å². The summed E-state index contributed by atoms with van der Waals surface area (Å²) in [5.74, 6) is 0.582. The second-order valence-electron chi connectivity index (χ2n) is 4.39.